The van der Waals surface area contributed by atoms with E-state index in [4.69, 9.17) is 0 Å². The van der Waals surface area contributed by atoms with Crippen molar-refractivity contribution in [1.29, 1.82) is 0 Å². The van der Waals surface area contributed by atoms with Crippen molar-refractivity contribution in [3.63, 3.8) is 0 Å². The number of piperazine rings is 1. The van der Waals surface area contributed by atoms with Crippen LogP contribution in [0.1, 0.15) is 30.9 Å². The second-order valence-corrected chi connectivity index (χ2v) is 9.93. The predicted octanol–water partition coefficient (Wildman–Crippen LogP) is 3.76. The number of carbonyl (C=O) groups excluding carboxylic acids is 1. The van der Waals surface area contributed by atoms with Crippen LogP contribution in [-0.2, 0) is 17.6 Å². The quantitative estimate of drug-likeness (QED) is 0.668. The summed E-state index contributed by atoms with van der Waals surface area (Å²) in [6.07, 6.45) is 4.53. The van der Waals surface area contributed by atoms with Crippen LogP contribution in [0.15, 0.2) is 54.6 Å². The molecule has 33 heavy (non-hydrogen) atoms. The highest BCUT2D eigenvalue weighted by Gasteiger charge is 2.26. The average molecular weight is 449 g/mol. The molecule has 5 heteroatoms. The van der Waals surface area contributed by atoms with Gasteiger partial charge >= 0.3 is 0 Å². The first-order chi connectivity index (χ1) is 16.1. The third kappa shape index (κ3) is 7.13. The Morgan fingerprint density at radius 3 is 2.24 bits per heavy atom. The predicted molar refractivity (Wildman–Crippen MR) is 137 cm³/mol. The van der Waals surface area contributed by atoms with Crippen molar-refractivity contribution in [2.75, 3.05) is 58.2 Å². The number of piperidine rings is 1. The Balaban J connectivity index is 1.19. The normalized spacial score (nSPS) is 19.9. The fraction of sp³-hybridized carbons (Fsp3) is 0.536. The molecule has 0 radical (unpaired) electrons. The van der Waals surface area contributed by atoms with E-state index >= 15 is 0 Å². The summed E-state index contributed by atoms with van der Waals surface area (Å²) < 4.78 is 0. The molecule has 0 aliphatic carbocycles. The number of likely N-dealkylation sites (N-methyl/N-ethyl adjacent to an activating group) is 1. The Kier molecular flexibility index (Phi) is 8.54. The molecule has 1 unspecified atom stereocenters. The van der Waals surface area contributed by atoms with Crippen molar-refractivity contribution < 1.29 is 4.79 Å². The van der Waals surface area contributed by atoms with Gasteiger partial charge in [0, 0.05) is 38.4 Å². The highest BCUT2D eigenvalue weighted by Crippen LogP contribution is 2.23. The van der Waals surface area contributed by atoms with Crippen molar-refractivity contribution in [3.8, 4) is 0 Å². The van der Waals surface area contributed by atoms with Crippen LogP contribution >= 0.6 is 0 Å². The smallest absolute Gasteiger partial charge is 0.241 e. The first-order valence-electron chi connectivity index (χ1n) is 12.7. The summed E-state index contributed by atoms with van der Waals surface area (Å²) in [7, 11) is 2.19. The number of carbonyl (C=O) groups is 1. The molecule has 178 valence electrons. The Morgan fingerprint density at radius 2 is 1.58 bits per heavy atom. The minimum atomic E-state index is -0.0976. The van der Waals surface area contributed by atoms with E-state index < -0.39 is 0 Å². The van der Waals surface area contributed by atoms with E-state index in [1.165, 1.54) is 11.1 Å². The molecule has 0 aromatic heterocycles. The molecule has 5 nitrogen and oxygen atoms in total. The van der Waals surface area contributed by atoms with E-state index in [0.717, 1.165) is 83.1 Å². The Hall–Kier alpha value is -2.21. The molecule has 2 aliphatic heterocycles. The van der Waals surface area contributed by atoms with Gasteiger partial charge in [-0.05, 0) is 81.9 Å². The second kappa shape index (κ2) is 11.8. The van der Waals surface area contributed by atoms with Gasteiger partial charge in [-0.25, -0.2) is 0 Å². The molecule has 0 spiro atoms. The largest absolute Gasteiger partial charge is 0.325 e. The van der Waals surface area contributed by atoms with Crippen molar-refractivity contribution in [2.24, 2.45) is 5.92 Å². The van der Waals surface area contributed by atoms with Crippen LogP contribution in [0.5, 0.6) is 0 Å². The third-order valence-corrected chi connectivity index (χ3v) is 7.48. The molecule has 1 N–H and O–H groups in total. The van der Waals surface area contributed by atoms with Gasteiger partial charge < -0.3 is 15.1 Å². The van der Waals surface area contributed by atoms with Crippen molar-refractivity contribution in [1.82, 2.24) is 14.7 Å². The molecule has 2 heterocycles. The van der Waals surface area contributed by atoms with Gasteiger partial charge in [0.2, 0.25) is 5.91 Å². The van der Waals surface area contributed by atoms with E-state index in [1.807, 2.05) is 6.92 Å². The zero-order chi connectivity index (χ0) is 23.0. The summed E-state index contributed by atoms with van der Waals surface area (Å²) in [6, 6.07) is 19.1. The molecular formula is C28H40N4O. The average Bonchev–Trinajstić information content (AvgIpc) is 2.85. The summed E-state index contributed by atoms with van der Waals surface area (Å²) in [5.41, 5.74) is 3.66. The highest BCUT2D eigenvalue weighted by atomic mass is 16.2. The van der Waals surface area contributed by atoms with Crippen LogP contribution < -0.4 is 5.32 Å². The van der Waals surface area contributed by atoms with Crippen LogP contribution in [0.2, 0.25) is 0 Å². The number of nitrogens with zero attached hydrogens (tertiary/aromatic N) is 3. The molecule has 2 aromatic rings. The molecule has 0 bridgehead atoms. The minimum Gasteiger partial charge on any atom is -0.325 e. The molecule has 4 rings (SSSR count). The van der Waals surface area contributed by atoms with E-state index in [-0.39, 0.29) is 11.9 Å². The maximum atomic E-state index is 12.9. The third-order valence-electron chi connectivity index (χ3n) is 7.48. The summed E-state index contributed by atoms with van der Waals surface area (Å²) in [6.45, 7) is 9.78. The first-order valence-corrected chi connectivity index (χ1v) is 12.7. The topological polar surface area (TPSA) is 38.8 Å². The number of anilines is 1. The zero-order valence-corrected chi connectivity index (χ0v) is 20.4. The standard InChI is InChI=1S/C28H40N4O/c1-23(32-16-13-26(14-17-32)22-25-6-4-3-5-7-25)28(33)29-27-10-8-24(9-11-27)12-15-31-20-18-30(2)19-21-31/h3-11,23,26H,12-22H2,1-2H3,(H,29,33). The lowest BCUT2D eigenvalue weighted by atomic mass is 9.89. The van der Waals surface area contributed by atoms with Gasteiger partial charge in [-0.15, -0.1) is 0 Å². The number of nitrogens with one attached hydrogen (secondary N) is 1. The van der Waals surface area contributed by atoms with Crippen LogP contribution in [-0.4, -0.2) is 79.5 Å². The van der Waals surface area contributed by atoms with E-state index in [9.17, 15) is 4.79 Å². The lowest BCUT2D eigenvalue weighted by Gasteiger charge is -2.35. The second-order valence-electron chi connectivity index (χ2n) is 9.93. The Labute approximate surface area is 199 Å². The monoisotopic (exact) mass is 448 g/mol. The summed E-state index contributed by atoms with van der Waals surface area (Å²) >= 11 is 0. The lowest BCUT2D eigenvalue weighted by molar-refractivity contribution is -0.121. The van der Waals surface area contributed by atoms with Gasteiger partial charge in [0.05, 0.1) is 6.04 Å². The van der Waals surface area contributed by atoms with Gasteiger partial charge in [0.25, 0.3) is 0 Å². The lowest BCUT2D eigenvalue weighted by Crippen LogP contribution is -2.46. The number of amides is 1. The Bertz CT molecular complexity index is 853. The van der Waals surface area contributed by atoms with Crippen LogP contribution in [0.4, 0.5) is 5.69 Å². The van der Waals surface area contributed by atoms with Gasteiger partial charge in [0.1, 0.15) is 0 Å². The van der Waals surface area contributed by atoms with Crippen LogP contribution in [0.25, 0.3) is 0 Å². The number of likely N-dealkylation sites (tertiary alicyclic amines) is 1. The summed E-state index contributed by atoms with van der Waals surface area (Å²) in [5.74, 6) is 0.819. The van der Waals surface area contributed by atoms with Crippen molar-refractivity contribution in [3.05, 3.63) is 65.7 Å². The molecule has 1 amide bonds. The molecular weight excluding hydrogens is 408 g/mol. The molecule has 2 aromatic carbocycles. The van der Waals surface area contributed by atoms with Gasteiger partial charge in [-0.1, -0.05) is 42.5 Å². The SMILES string of the molecule is CC(C(=O)Nc1ccc(CCN2CCN(C)CC2)cc1)N1CCC(Cc2ccccc2)CC1. The van der Waals surface area contributed by atoms with Gasteiger partial charge in [-0.3, -0.25) is 9.69 Å². The summed E-state index contributed by atoms with van der Waals surface area (Å²) in [5, 5.41) is 3.13. The highest BCUT2D eigenvalue weighted by molar-refractivity contribution is 5.94. The van der Waals surface area contributed by atoms with Gasteiger partial charge in [0.15, 0.2) is 0 Å². The van der Waals surface area contributed by atoms with E-state index in [2.05, 4.69) is 81.7 Å². The van der Waals surface area contributed by atoms with Gasteiger partial charge in [-0.2, -0.15) is 0 Å². The van der Waals surface area contributed by atoms with Crippen LogP contribution in [0.3, 0.4) is 0 Å². The Morgan fingerprint density at radius 1 is 0.909 bits per heavy atom. The molecule has 2 aliphatic rings. The van der Waals surface area contributed by atoms with Crippen LogP contribution in [0, 0.1) is 5.92 Å². The molecule has 2 fully saturated rings. The number of hydrogen-bond donors (Lipinski definition) is 1. The zero-order valence-electron chi connectivity index (χ0n) is 20.4. The van der Waals surface area contributed by atoms with Crippen molar-refractivity contribution in [2.45, 2.75) is 38.6 Å². The summed E-state index contributed by atoms with van der Waals surface area (Å²) in [4.78, 5) is 20.1. The number of hydrogen-bond acceptors (Lipinski definition) is 4. The molecule has 2 saturated heterocycles. The van der Waals surface area contributed by atoms with Crippen molar-refractivity contribution >= 4 is 11.6 Å². The fourth-order valence-corrected chi connectivity index (χ4v) is 5.02. The number of rotatable bonds is 8. The number of benzene rings is 2. The first kappa shape index (κ1) is 23.9. The minimum absolute atomic E-state index is 0.0976. The fourth-order valence-electron chi connectivity index (χ4n) is 5.02. The molecule has 0 saturated carbocycles. The van der Waals surface area contributed by atoms with E-state index in [0.29, 0.717) is 0 Å². The molecule has 1 atom stereocenters. The van der Waals surface area contributed by atoms with E-state index in [1.54, 1.807) is 0 Å². The maximum absolute atomic E-state index is 12.9. The maximum Gasteiger partial charge on any atom is 0.241 e.